The lowest BCUT2D eigenvalue weighted by Crippen LogP contribution is -1.97. The number of rotatable bonds is 8. The molecule has 0 saturated heterocycles. The van der Waals surface area contributed by atoms with Crippen molar-refractivity contribution in [2.45, 2.75) is 51.9 Å². The van der Waals surface area contributed by atoms with Crippen LogP contribution in [-0.2, 0) is 16.0 Å². The zero-order chi connectivity index (χ0) is 16.0. The summed E-state index contributed by atoms with van der Waals surface area (Å²) < 4.78 is 4.70. The molecule has 0 aromatic heterocycles. The van der Waals surface area contributed by atoms with E-state index in [1.807, 2.05) is 18.2 Å². The Balaban J connectivity index is 2.51. The Kier molecular flexibility index (Phi) is 9.54. The van der Waals surface area contributed by atoms with E-state index in [1.54, 1.807) is 0 Å². The fourth-order valence-electron chi connectivity index (χ4n) is 2.14. The third-order valence-electron chi connectivity index (χ3n) is 3.42. The first kappa shape index (κ1) is 18.0. The quantitative estimate of drug-likeness (QED) is 0.301. The summed E-state index contributed by atoms with van der Waals surface area (Å²) in [6.45, 7) is 2.19. The number of allylic oxidation sites excluding steroid dienone is 1. The van der Waals surface area contributed by atoms with E-state index in [4.69, 9.17) is 4.74 Å². The molecule has 1 rings (SSSR count). The van der Waals surface area contributed by atoms with Crippen molar-refractivity contribution in [1.82, 2.24) is 0 Å². The molecule has 22 heavy (non-hydrogen) atoms. The summed E-state index contributed by atoms with van der Waals surface area (Å²) in [5, 5.41) is 0. The fraction of sp³-hybridized carbons (Fsp3) is 0.450. The van der Waals surface area contributed by atoms with Gasteiger partial charge in [-0.15, -0.1) is 0 Å². The zero-order valence-electron chi connectivity index (χ0n) is 13.7. The number of methoxy groups -OCH3 is 1. The molecule has 0 saturated carbocycles. The topological polar surface area (TPSA) is 26.3 Å². The first-order valence-corrected chi connectivity index (χ1v) is 8.07. The van der Waals surface area contributed by atoms with E-state index in [2.05, 4.69) is 30.9 Å². The SMILES string of the molecule is CCCCCC/C(C#CCCc1ccccc1)=C\C(=O)OC. The average Bonchev–Trinajstić information content (AvgIpc) is 2.56. The van der Waals surface area contributed by atoms with Crippen LogP contribution < -0.4 is 0 Å². The molecule has 0 bridgehead atoms. The average molecular weight is 298 g/mol. The molecule has 0 radical (unpaired) electrons. The molecule has 1 aromatic rings. The molecular formula is C20H26O2. The lowest BCUT2D eigenvalue weighted by molar-refractivity contribution is -0.134. The number of aryl methyl sites for hydroxylation is 1. The normalized spacial score (nSPS) is 10.7. The Labute approximate surface area is 134 Å². The van der Waals surface area contributed by atoms with E-state index in [9.17, 15) is 4.79 Å². The molecule has 0 aliphatic carbocycles. The number of ether oxygens (including phenoxy) is 1. The van der Waals surface area contributed by atoms with Crippen LogP contribution in [0, 0.1) is 11.8 Å². The minimum absolute atomic E-state index is 0.317. The molecule has 0 aliphatic rings. The molecule has 0 heterocycles. The molecular weight excluding hydrogens is 272 g/mol. The van der Waals surface area contributed by atoms with Gasteiger partial charge in [-0.25, -0.2) is 4.79 Å². The van der Waals surface area contributed by atoms with Crippen LogP contribution >= 0.6 is 0 Å². The van der Waals surface area contributed by atoms with Gasteiger partial charge in [0, 0.05) is 18.1 Å². The second-order valence-electron chi connectivity index (χ2n) is 5.29. The summed E-state index contributed by atoms with van der Waals surface area (Å²) in [6.07, 6.45) is 8.82. The minimum Gasteiger partial charge on any atom is -0.466 e. The highest BCUT2D eigenvalue weighted by molar-refractivity contribution is 5.83. The van der Waals surface area contributed by atoms with E-state index in [0.717, 1.165) is 31.3 Å². The highest BCUT2D eigenvalue weighted by Gasteiger charge is 1.99. The maximum absolute atomic E-state index is 11.4. The smallest absolute Gasteiger partial charge is 0.331 e. The van der Waals surface area contributed by atoms with Gasteiger partial charge in [-0.1, -0.05) is 68.4 Å². The van der Waals surface area contributed by atoms with Crippen molar-refractivity contribution in [3.05, 3.63) is 47.5 Å². The van der Waals surface area contributed by atoms with Gasteiger partial charge in [0.15, 0.2) is 0 Å². The summed E-state index contributed by atoms with van der Waals surface area (Å²) in [6, 6.07) is 10.3. The number of benzene rings is 1. The minimum atomic E-state index is -0.317. The first-order valence-electron chi connectivity index (χ1n) is 8.07. The lowest BCUT2D eigenvalue weighted by atomic mass is 10.1. The van der Waals surface area contributed by atoms with Crippen LogP contribution in [0.4, 0.5) is 0 Å². The maximum Gasteiger partial charge on any atom is 0.331 e. The van der Waals surface area contributed by atoms with Crippen molar-refractivity contribution in [3.63, 3.8) is 0 Å². The Bertz CT molecular complexity index is 518. The summed E-state index contributed by atoms with van der Waals surface area (Å²) in [5.41, 5.74) is 2.18. The van der Waals surface area contributed by atoms with Gasteiger partial charge in [0.1, 0.15) is 0 Å². The number of unbranched alkanes of at least 4 members (excludes halogenated alkanes) is 3. The van der Waals surface area contributed by atoms with Crippen molar-refractivity contribution < 1.29 is 9.53 Å². The highest BCUT2D eigenvalue weighted by atomic mass is 16.5. The van der Waals surface area contributed by atoms with Gasteiger partial charge in [-0.05, 0) is 24.8 Å². The van der Waals surface area contributed by atoms with Crippen molar-refractivity contribution in [2.24, 2.45) is 0 Å². The van der Waals surface area contributed by atoms with Crippen molar-refractivity contribution in [3.8, 4) is 11.8 Å². The molecule has 2 heteroatoms. The number of esters is 1. The van der Waals surface area contributed by atoms with Gasteiger partial charge >= 0.3 is 5.97 Å². The molecule has 0 unspecified atom stereocenters. The summed E-state index contributed by atoms with van der Waals surface area (Å²) >= 11 is 0. The molecule has 1 aromatic carbocycles. The van der Waals surface area contributed by atoms with E-state index >= 15 is 0 Å². The molecule has 0 amide bonds. The van der Waals surface area contributed by atoms with Gasteiger partial charge in [-0.3, -0.25) is 0 Å². The van der Waals surface area contributed by atoms with Crippen LogP contribution in [-0.4, -0.2) is 13.1 Å². The monoisotopic (exact) mass is 298 g/mol. The van der Waals surface area contributed by atoms with Crippen molar-refractivity contribution >= 4 is 5.97 Å². The van der Waals surface area contributed by atoms with Gasteiger partial charge in [0.25, 0.3) is 0 Å². The van der Waals surface area contributed by atoms with Crippen LogP contribution in [0.2, 0.25) is 0 Å². The summed E-state index contributed by atoms with van der Waals surface area (Å²) in [4.78, 5) is 11.4. The first-order chi connectivity index (χ1) is 10.8. The summed E-state index contributed by atoms with van der Waals surface area (Å²) in [7, 11) is 1.40. The van der Waals surface area contributed by atoms with E-state index in [1.165, 1.54) is 38.0 Å². The second kappa shape index (κ2) is 11.6. The Hall–Kier alpha value is -2.01. The van der Waals surface area contributed by atoms with Gasteiger partial charge in [-0.2, -0.15) is 0 Å². The predicted octanol–water partition coefficient (Wildman–Crippen LogP) is 4.69. The van der Waals surface area contributed by atoms with Gasteiger partial charge in [0.2, 0.25) is 0 Å². The van der Waals surface area contributed by atoms with Gasteiger partial charge < -0.3 is 4.74 Å². The maximum atomic E-state index is 11.4. The molecule has 0 fully saturated rings. The van der Waals surface area contributed by atoms with Crippen LogP contribution in [0.3, 0.4) is 0 Å². The molecule has 118 valence electrons. The van der Waals surface area contributed by atoms with E-state index in [-0.39, 0.29) is 5.97 Å². The Morgan fingerprint density at radius 3 is 2.64 bits per heavy atom. The number of carbonyl (C=O) groups is 1. The number of hydrogen-bond donors (Lipinski definition) is 0. The number of hydrogen-bond acceptors (Lipinski definition) is 2. The zero-order valence-corrected chi connectivity index (χ0v) is 13.7. The lowest BCUT2D eigenvalue weighted by Gasteiger charge is -2.00. The van der Waals surface area contributed by atoms with E-state index < -0.39 is 0 Å². The molecule has 0 N–H and O–H groups in total. The van der Waals surface area contributed by atoms with Gasteiger partial charge in [0.05, 0.1) is 7.11 Å². The second-order valence-corrected chi connectivity index (χ2v) is 5.29. The third kappa shape index (κ3) is 8.32. The highest BCUT2D eigenvalue weighted by Crippen LogP contribution is 2.10. The summed E-state index contributed by atoms with van der Waals surface area (Å²) in [5.74, 6) is 6.00. The molecule has 0 spiro atoms. The fourth-order valence-corrected chi connectivity index (χ4v) is 2.14. The van der Waals surface area contributed by atoms with Crippen molar-refractivity contribution in [1.29, 1.82) is 0 Å². The Morgan fingerprint density at radius 1 is 1.18 bits per heavy atom. The number of carbonyl (C=O) groups excluding carboxylic acids is 1. The van der Waals surface area contributed by atoms with Crippen LogP contribution in [0.25, 0.3) is 0 Å². The molecule has 2 nitrogen and oxygen atoms in total. The molecule has 0 atom stereocenters. The van der Waals surface area contributed by atoms with Crippen LogP contribution in [0.15, 0.2) is 42.0 Å². The van der Waals surface area contributed by atoms with Crippen LogP contribution in [0.1, 0.15) is 51.0 Å². The van der Waals surface area contributed by atoms with Crippen LogP contribution in [0.5, 0.6) is 0 Å². The predicted molar refractivity (Wildman–Crippen MR) is 91.4 cm³/mol. The Morgan fingerprint density at radius 2 is 1.95 bits per heavy atom. The molecule has 0 aliphatic heterocycles. The standard InChI is InChI=1S/C20H26O2/c1-3-4-5-7-15-19(17-20(21)22-2)16-11-10-14-18-12-8-6-9-13-18/h6,8-9,12-13,17H,3-5,7,10,14-15H2,1-2H3/b19-17+. The van der Waals surface area contributed by atoms with Crippen molar-refractivity contribution in [2.75, 3.05) is 7.11 Å². The third-order valence-corrected chi connectivity index (χ3v) is 3.42. The largest absolute Gasteiger partial charge is 0.466 e. The van der Waals surface area contributed by atoms with E-state index in [0.29, 0.717) is 0 Å².